The number of nitrogens with zero attached hydrogens (tertiary/aromatic N) is 2. The molecule has 0 radical (unpaired) electrons. The van der Waals surface area contributed by atoms with Gasteiger partial charge in [0.1, 0.15) is 0 Å². The van der Waals surface area contributed by atoms with E-state index in [1.807, 2.05) is 4.90 Å². The third kappa shape index (κ3) is 3.37. The predicted molar refractivity (Wildman–Crippen MR) is 73.5 cm³/mol. The van der Waals surface area contributed by atoms with Crippen molar-refractivity contribution >= 4 is 6.03 Å². The van der Waals surface area contributed by atoms with Gasteiger partial charge in [0.15, 0.2) is 0 Å². The summed E-state index contributed by atoms with van der Waals surface area (Å²) < 4.78 is 0. The number of rotatable bonds is 4. The van der Waals surface area contributed by atoms with Gasteiger partial charge in [0.2, 0.25) is 0 Å². The van der Waals surface area contributed by atoms with E-state index in [0.717, 1.165) is 26.1 Å². The van der Waals surface area contributed by atoms with E-state index < -0.39 is 0 Å². The summed E-state index contributed by atoms with van der Waals surface area (Å²) in [6, 6.07) is 0.742. The average Bonchev–Trinajstić information content (AvgIpc) is 2.94. The van der Waals surface area contributed by atoms with Crippen LogP contribution in [0, 0.1) is 0 Å². The van der Waals surface area contributed by atoms with Gasteiger partial charge in [-0.1, -0.05) is 19.3 Å². The second-order valence-electron chi connectivity index (χ2n) is 5.60. The Morgan fingerprint density at radius 2 is 1.78 bits per heavy atom. The molecule has 0 aromatic carbocycles. The molecule has 0 aromatic rings. The molecule has 1 aliphatic heterocycles. The molecule has 0 aromatic heterocycles. The Morgan fingerprint density at radius 1 is 1.11 bits per heavy atom. The minimum absolute atomic E-state index is 0.271. The van der Waals surface area contributed by atoms with Crippen molar-refractivity contribution in [2.45, 2.75) is 57.4 Å². The summed E-state index contributed by atoms with van der Waals surface area (Å²) in [5.41, 5.74) is 5.61. The van der Waals surface area contributed by atoms with Crippen LogP contribution in [0.2, 0.25) is 0 Å². The molecule has 2 N–H and O–H groups in total. The molecule has 1 saturated carbocycles. The minimum atomic E-state index is 0.271. The number of likely N-dealkylation sites (tertiary alicyclic amines) is 1. The fourth-order valence-corrected chi connectivity index (χ4v) is 3.18. The maximum Gasteiger partial charge on any atom is 0.320 e. The highest BCUT2D eigenvalue weighted by atomic mass is 16.2. The van der Waals surface area contributed by atoms with Crippen molar-refractivity contribution in [2.24, 2.45) is 5.73 Å². The van der Waals surface area contributed by atoms with Gasteiger partial charge < -0.3 is 15.5 Å². The Kier molecular flexibility index (Phi) is 5.29. The summed E-state index contributed by atoms with van der Waals surface area (Å²) in [5.74, 6) is 0. The third-order valence-electron chi connectivity index (χ3n) is 4.24. The first-order chi connectivity index (χ1) is 8.83. The van der Waals surface area contributed by atoms with Gasteiger partial charge >= 0.3 is 6.03 Å². The number of amides is 2. The van der Waals surface area contributed by atoms with Crippen LogP contribution >= 0.6 is 0 Å². The Balaban J connectivity index is 1.95. The number of hydrogen-bond donors (Lipinski definition) is 1. The maximum absolute atomic E-state index is 12.6. The van der Waals surface area contributed by atoms with Gasteiger partial charge in [-0.3, -0.25) is 0 Å². The van der Waals surface area contributed by atoms with Gasteiger partial charge in [0, 0.05) is 25.7 Å². The van der Waals surface area contributed by atoms with Crippen LogP contribution in [0.25, 0.3) is 0 Å². The number of hydrogen-bond acceptors (Lipinski definition) is 2. The standard InChI is InChI=1S/C14H27N3O/c15-9-6-12-17(13-7-2-1-3-8-13)14(18)16-10-4-5-11-16/h13H,1-12,15H2. The van der Waals surface area contributed by atoms with Crippen LogP contribution in [0.3, 0.4) is 0 Å². The molecular formula is C14H27N3O. The van der Waals surface area contributed by atoms with Gasteiger partial charge in [-0.15, -0.1) is 0 Å². The lowest BCUT2D eigenvalue weighted by Gasteiger charge is -2.36. The smallest absolute Gasteiger partial charge is 0.320 e. The van der Waals surface area contributed by atoms with Crippen molar-refractivity contribution in [2.75, 3.05) is 26.2 Å². The normalized spacial score (nSPS) is 21.3. The van der Waals surface area contributed by atoms with Crippen LogP contribution in [0.4, 0.5) is 4.79 Å². The zero-order chi connectivity index (χ0) is 12.8. The molecule has 0 bridgehead atoms. The molecule has 0 spiro atoms. The van der Waals surface area contributed by atoms with Crippen molar-refractivity contribution in [1.82, 2.24) is 9.80 Å². The van der Waals surface area contributed by atoms with E-state index in [2.05, 4.69) is 4.90 Å². The third-order valence-corrected chi connectivity index (χ3v) is 4.24. The number of carbonyl (C=O) groups excluding carboxylic acids is 1. The van der Waals surface area contributed by atoms with Gasteiger partial charge in [-0.2, -0.15) is 0 Å². The molecule has 1 aliphatic carbocycles. The van der Waals surface area contributed by atoms with Crippen molar-refractivity contribution in [3.05, 3.63) is 0 Å². The van der Waals surface area contributed by atoms with Crippen LogP contribution in [-0.4, -0.2) is 48.1 Å². The van der Waals surface area contributed by atoms with Crippen LogP contribution in [0.5, 0.6) is 0 Å². The van der Waals surface area contributed by atoms with Crippen molar-refractivity contribution in [3.8, 4) is 0 Å². The molecule has 1 heterocycles. The van der Waals surface area contributed by atoms with E-state index >= 15 is 0 Å². The lowest BCUT2D eigenvalue weighted by molar-refractivity contribution is 0.126. The largest absolute Gasteiger partial charge is 0.330 e. The highest BCUT2D eigenvalue weighted by molar-refractivity contribution is 5.75. The molecule has 0 atom stereocenters. The minimum Gasteiger partial charge on any atom is -0.330 e. The Labute approximate surface area is 110 Å². The first-order valence-electron chi connectivity index (χ1n) is 7.58. The lowest BCUT2D eigenvalue weighted by Crippen LogP contribution is -2.48. The van der Waals surface area contributed by atoms with E-state index in [1.165, 1.54) is 44.9 Å². The maximum atomic E-state index is 12.6. The van der Waals surface area contributed by atoms with E-state index in [9.17, 15) is 4.79 Å². The highest BCUT2D eigenvalue weighted by Gasteiger charge is 2.29. The Morgan fingerprint density at radius 3 is 2.39 bits per heavy atom. The summed E-state index contributed by atoms with van der Waals surface area (Å²) in [7, 11) is 0. The molecule has 2 amide bonds. The molecule has 104 valence electrons. The lowest BCUT2D eigenvalue weighted by atomic mass is 9.94. The molecule has 4 nitrogen and oxygen atoms in total. The van der Waals surface area contributed by atoms with Crippen molar-refractivity contribution < 1.29 is 4.79 Å². The zero-order valence-electron chi connectivity index (χ0n) is 11.4. The van der Waals surface area contributed by atoms with E-state index in [0.29, 0.717) is 12.6 Å². The monoisotopic (exact) mass is 253 g/mol. The molecule has 1 saturated heterocycles. The Bertz CT molecular complexity index is 258. The molecule has 2 aliphatic rings. The number of urea groups is 1. The summed E-state index contributed by atoms with van der Waals surface area (Å²) in [6.45, 7) is 3.42. The topological polar surface area (TPSA) is 49.6 Å². The van der Waals surface area contributed by atoms with Crippen LogP contribution < -0.4 is 5.73 Å². The highest BCUT2D eigenvalue weighted by Crippen LogP contribution is 2.24. The molecule has 18 heavy (non-hydrogen) atoms. The van der Waals surface area contributed by atoms with Crippen LogP contribution in [0.15, 0.2) is 0 Å². The summed E-state index contributed by atoms with van der Waals surface area (Å²) in [4.78, 5) is 16.7. The van der Waals surface area contributed by atoms with E-state index in [-0.39, 0.29) is 6.03 Å². The van der Waals surface area contributed by atoms with Crippen LogP contribution in [-0.2, 0) is 0 Å². The zero-order valence-corrected chi connectivity index (χ0v) is 11.4. The average molecular weight is 253 g/mol. The second kappa shape index (κ2) is 6.98. The van der Waals surface area contributed by atoms with Crippen molar-refractivity contribution in [1.29, 1.82) is 0 Å². The first-order valence-corrected chi connectivity index (χ1v) is 7.58. The summed E-state index contributed by atoms with van der Waals surface area (Å²) >= 11 is 0. The molecule has 4 heteroatoms. The number of carbonyl (C=O) groups is 1. The fourth-order valence-electron chi connectivity index (χ4n) is 3.18. The quantitative estimate of drug-likeness (QED) is 0.835. The van der Waals surface area contributed by atoms with Crippen LogP contribution in [0.1, 0.15) is 51.4 Å². The molecule has 2 fully saturated rings. The second-order valence-corrected chi connectivity index (χ2v) is 5.60. The fraction of sp³-hybridized carbons (Fsp3) is 0.929. The van der Waals surface area contributed by atoms with Gasteiger partial charge in [0.25, 0.3) is 0 Å². The van der Waals surface area contributed by atoms with E-state index in [4.69, 9.17) is 5.73 Å². The SMILES string of the molecule is NCCCN(C(=O)N1CCCC1)C1CCCCC1. The van der Waals surface area contributed by atoms with Gasteiger partial charge in [0.05, 0.1) is 0 Å². The van der Waals surface area contributed by atoms with Gasteiger partial charge in [-0.05, 0) is 38.6 Å². The molecule has 2 rings (SSSR count). The Hall–Kier alpha value is -0.770. The van der Waals surface area contributed by atoms with E-state index in [1.54, 1.807) is 0 Å². The molecular weight excluding hydrogens is 226 g/mol. The summed E-state index contributed by atoms with van der Waals surface area (Å²) in [6.07, 6.45) is 9.51. The van der Waals surface area contributed by atoms with Crippen molar-refractivity contribution in [3.63, 3.8) is 0 Å². The predicted octanol–water partition coefficient (Wildman–Crippen LogP) is 2.19. The first kappa shape index (κ1) is 13.7. The molecule has 0 unspecified atom stereocenters. The van der Waals surface area contributed by atoms with Gasteiger partial charge in [-0.25, -0.2) is 4.79 Å². The summed E-state index contributed by atoms with van der Waals surface area (Å²) in [5, 5.41) is 0. The number of nitrogens with two attached hydrogens (primary N) is 1.